The van der Waals surface area contributed by atoms with Gasteiger partial charge in [0.25, 0.3) is 5.91 Å². The molecule has 2 fully saturated rings. The lowest BCUT2D eigenvalue weighted by molar-refractivity contribution is -0.151. The molecule has 1 spiro atoms. The maximum Gasteiger partial charge on any atom is 0.326 e. The van der Waals surface area contributed by atoms with Gasteiger partial charge in [-0.1, -0.05) is 0 Å². The minimum atomic E-state index is -1.02. The second-order valence-corrected chi connectivity index (χ2v) is 7.37. The SMILES string of the molecule is CC(=O)C(=O)N1CC2(C[C@H]1C(=O)O)SCCS2. The van der Waals surface area contributed by atoms with Crippen molar-refractivity contribution in [3.63, 3.8) is 0 Å². The summed E-state index contributed by atoms with van der Waals surface area (Å²) >= 11 is 3.40. The number of nitrogens with zero attached hydrogens (tertiary/aromatic N) is 1. The van der Waals surface area contributed by atoms with Gasteiger partial charge in [-0.15, -0.1) is 23.5 Å². The Kier molecular flexibility index (Phi) is 3.40. The monoisotopic (exact) mass is 275 g/mol. The van der Waals surface area contributed by atoms with E-state index in [4.69, 9.17) is 5.11 Å². The van der Waals surface area contributed by atoms with Crippen LogP contribution in [0.4, 0.5) is 0 Å². The van der Waals surface area contributed by atoms with E-state index in [1.165, 1.54) is 11.8 Å². The standard InChI is InChI=1S/C10H13NO4S2/c1-6(12)8(13)11-5-10(16-2-3-17-10)4-7(11)9(14)15/h7H,2-5H2,1H3,(H,14,15)/t7-/m0/s1. The largest absolute Gasteiger partial charge is 0.480 e. The molecule has 2 aliphatic heterocycles. The molecule has 2 heterocycles. The Balaban J connectivity index is 2.21. The average molecular weight is 275 g/mol. The number of rotatable bonds is 2. The fourth-order valence-corrected chi connectivity index (χ4v) is 5.44. The first-order chi connectivity index (χ1) is 7.95. The van der Waals surface area contributed by atoms with E-state index in [-0.39, 0.29) is 4.08 Å². The van der Waals surface area contributed by atoms with E-state index in [1.807, 2.05) is 0 Å². The van der Waals surface area contributed by atoms with Crippen LogP contribution in [0.1, 0.15) is 13.3 Å². The predicted molar refractivity (Wildman–Crippen MR) is 66.1 cm³/mol. The van der Waals surface area contributed by atoms with Crippen LogP contribution in [0.15, 0.2) is 0 Å². The van der Waals surface area contributed by atoms with E-state index in [9.17, 15) is 14.4 Å². The third-order valence-electron chi connectivity index (χ3n) is 2.95. The molecule has 7 heteroatoms. The first-order valence-electron chi connectivity index (χ1n) is 5.27. The molecule has 0 aromatic rings. The average Bonchev–Trinajstić information content (AvgIpc) is 2.86. The second kappa shape index (κ2) is 4.53. The first kappa shape index (κ1) is 12.8. The zero-order valence-corrected chi connectivity index (χ0v) is 11.0. The summed E-state index contributed by atoms with van der Waals surface area (Å²) in [5.74, 6) is -0.355. The minimum absolute atomic E-state index is 0.214. The topological polar surface area (TPSA) is 74.7 Å². The van der Waals surface area contributed by atoms with Crippen LogP contribution < -0.4 is 0 Å². The van der Waals surface area contributed by atoms with Gasteiger partial charge in [0.2, 0.25) is 5.78 Å². The minimum Gasteiger partial charge on any atom is -0.480 e. The molecule has 5 nitrogen and oxygen atoms in total. The molecule has 0 aromatic carbocycles. The Morgan fingerprint density at radius 2 is 1.88 bits per heavy atom. The molecular weight excluding hydrogens is 262 g/mol. The highest BCUT2D eigenvalue weighted by atomic mass is 32.2. The quantitative estimate of drug-likeness (QED) is 0.737. The number of carboxylic acid groups (broad SMARTS) is 1. The van der Waals surface area contributed by atoms with Crippen molar-refractivity contribution in [3.05, 3.63) is 0 Å². The number of aliphatic carboxylic acids is 1. The lowest BCUT2D eigenvalue weighted by Crippen LogP contribution is -2.43. The molecule has 2 saturated heterocycles. The number of carbonyl (C=O) groups excluding carboxylic acids is 2. The lowest BCUT2D eigenvalue weighted by Gasteiger charge is -2.21. The number of thioether (sulfide) groups is 2. The van der Waals surface area contributed by atoms with Gasteiger partial charge in [-0.25, -0.2) is 4.79 Å². The fraction of sp³-hybridized carbons (Fsp3) is 0.700. The maximum atomic E-state index is 11.7. The van der Waals surface area contributed by atoms with Crippen molar-refractivity contribution >= 4 is 41.2 Å². The number of Topliss-reactive ketones (excluding diaryl/α,β-unsaturated/α-hetero) is 1. The Bertz CT molecular complexity index is 379. The van der Waals surface area contributed by atoms with Gasteiger partial charge in [-0.3, -0.25) is 9.59 Å². The fourth-order valence-electron chi connectivity index (χ4n) is 2.18. The smallest absolute Gasteiger partial charge is 0.326 e. The Labute approximate surface area is 107 Å². The van der Waals surface area contributed by atoms with Crippen LogP contribution in [0.5, 0.6) is 0 Å². The van der Waals surface area contributed by atoms with E-state index in [1.54, 1.807) is 23.5 Å². The first-order valence-corrected chi connectivity index (χ1v) is 7.24. The van der Waals surface area contributed by atoms with E-state index < -0.39 is 23.7 Å². The number of likely N-dealkylation sites (tertiary alicyclic amines) is 1. The van der Waals surface area contributed by atoms with Gasteiger partial charge in [-0.2, -0.15) is 0 Å². The van der Waals surface area contributed by atoms with Crippen molar-refractivity contribution in [3.8, 4) is 0 Å². The molecule has 0 bridgehead atoms. The zero-order valence-electron chi connectivity index (χ0n) is 9.34. The summed E-state index contributed by atoms with van der Waals surface area (Å²) in [7, 11) is 0. The lowest BCUT2D eigenvalue weighted by atomic mass is 10.2. The van der Waals surface area contributed by atoms with E-state index in [2.05, 4.69) is 0 Å². The summed E-state index contributed by atoms with van der Waals surface area (Å²) in [5.41, 5.74) is 0. The molecule has 1 N–H and O–H groups in total. The van der Waals surface area contributed by atoms with Crippen molar-refractivity contribution in [2.75, 3.05) is 18.1 Å². The molecule has 0 aliphatic carbocycles. The number of hydrogen-bond donors (Lipinski definition) is 1. The van der Waals surface area contributed by atoms with Crippen molar-refractivity contribution < 1.29 is 19.5 Å². The summed E-state index contributed by atoms with van der Waals surface area (Å²) in [6.07, 6.45) is 0.427. The van der Waals surface area contributed by atoms with Crippen LogP contribution >= 0.6 is 23.5 Å². The third-order valence-corrected chi connectivity index (χ3v) is 6.38. The van der Waals surface area contributed by atoms with Gasteiger partial charge < -0.3 is 10.0 Å². The molecule has 2 aliphatic rings. The van der Waals surface area contributed by atoms with Crippen molar-refractivity contribution in [1.82, 2.24) is 4.90 Å². The van der Waals surface area contributed by atoms with Crippen LogP contribution in [0, 0.1) is 0 Å². The van der Waals surface area contributed by atoms with Gasteiger partial charge in [0.15, 0.2) is 0 Å². The van der Waals surface area contributed by atoms with Crippen molar-refractivity contribution in [1.29, 1.82) is 0 Å². The molecule has 0 aromatic heterocycles. The van der Waals surface area contributed by atoms with Crippen LogP contribution in [-0.2, 0) is 14.4 Å². The van der Waals surface area contributed by atoms with Gasteiger partial charge in [0, 0.05) is 31.4 Å². The number of amides is 1. The summed E-state index contributed by atoms with van der Waals surface area (Å²) in [6, 6.07) is -0.857. The molecule has 0 saturated carbocycles. The van der Waals surface area contributed by atoms with Gasteiger partial charge in [0.1, 0.15) is 6.04 Å². The van der Waals surface area contributed by atoms with E-state index in [0.29, 0.717) is 13.0 Å². The number of hydrogen-bond acceptors (Lipinski definition) is 5. The zero-order chi connectivity index (χ0) is 12.6. The Hall–Kier alpha value is -0.690. The Morgan fingerprint density at radius 3 is 2.35 bits per heavy atom. The van der Waals surface area contributed by atoms with Crippen LogP contribution in [-0.4, -0.2) is 55.8 Å². The van der Waals surface area contributed by atoms with Crippen LogP contribution in [0.25, 0.3) is 0 Å². The normalized spacial score (nSPS) is 26.4. The van der Waals surface area contributed by atoms with Gasteiger partial charge in [0.05, 0.1) is 4.08 Å². The van der Waals surface area contributed by atoms with E-state index >= 15 is 0 Å². The number of carboxylic acids is 1. The molecule has 0 unspecified atom stereocenters. The van der Waals surface area contributed by atoms with Crippen LogP contribution in [0.2, 0.25) is 0 Å². The van der Waals surface area contributed by atoms with Crippen LogP contribution in [0.3, 0.4) is 0 Å². The summed E-state index contributed by atoms with van der Waals surface area (Å²) in [6.45, 7) is 1.54. The maximum absolute atomic E-state index is 11.7. The van der Waals surface area contributed by atoms with Crippen molar-refractivity contribution in [2.24, 2.45) is 0 Å². The molecule has 0 radical (unpaired) electrons. The Morgan fingerprint density at radius 1 is 1.29 bits per heavy atom. The highest BCUT2D eigenvalue weighted by Gasteiger charge is 2.51. The third kappa shape index (κ3) is 2.30. The molecule has 2 rings (SSSR count). The molecule has 1 amide bonds. The molecule has 94 valence electrons. The number of carbonyl (C=O) groups is 3. The number of ketones is 1. The highest BCUT2D eigenvalue weighted by molar-refractivity contribution is 8.21. The van der Waals surface area contributed by atoms with Gasteiger partial charge in [-0.05, 0) is 0 Å². The summed E-state index contributed by atoms with van der Waals surface area (Å²) < 4.78 is -0.214. The summed E-state index contributed by atoms with van der Waals surface area (Å²) in [5, 5.41) is 9.13. The predicted octanol–water partition coefficient (Wildman–Crippen LogP) is 0.437. The molecular formula is C10H13NO4S2. The second-order valence-electron chi connectivity index (χ2n) is 4.16. The molecule has 1 atom stereocenters. The van der Waals surface area contributed by atoms with Crippen molar-refractivity contribution in [2.45, 2.75) is 23.5 Å². The van der Waals surface area contributed by atoms with Gasteiger partial charge >= 0.3 is 5.97 Å². The van der Waals surface area contributed by atoms with E-state index in [0.717, 1.165) is 11.5 Å². The summed E-state index contributed by atoms with van der Waals surface area (Å²) in [4.78, 5) is 35.2. The molecule has 17 heavy (non-hydrogen) atoms. The highest BCUT2D eigenvalue weighted by Crippen LogP contribution is 2.51.